The van der Waals surface area contributed by atoms with Crippen LogP contribution in [0.2, 0.25) is 0 Å². The molecule has 0 aliphatic rings. The van der Waals surface area contributed by atoms with Crippen molar-refractivity contribution in [3.63, 3.8) is 0 Å². The van der Waals surface area contributed by atoms with Crippen LogP contribution >= 0.6 is 0 Å². The predicted octanol–water partition coefficient (Wildman–Crippen LogP) is 2.27. The molecule has 1 heterocycles. The van der Waals surface area contributed by atoms with Crippen LogP contribution in [0.4, 0.5) is 0 Å². The Morgan fingerprint density at radius 3 is 2.70 bits per heavy atom. The minimum absolute atomic E-state index is 0.100. The van der Waals surface area contributed by atoms with E-state index in [1.165, 1.54) is 0 Å². The molecule has 0 spiro atoms. The Labute approximate surface area is 120 Å². The van der Waals surface area contributed by atoms with E-state index in [0.29, 0.717) is 6.42 Å². The third-order valence-corrected chi connectivity index (χ3v) is 3.03. The highest BCUT2D eigenvalue weighted by molar-refractivity contribution is 5.35. The summed E-state index contributed by atoms with van der Waals surface area (Å²) < 4.78 is 5.37. The van der Waals surface area contributed by atoms with Crippen LogP contribution in [0.3, 0.4) is 0 Å². The second-order valence-electron chi connectivity index (χ2n) is 5.09. The molecule has 0 aliphatic heterocycles. The monoisotopic (exact) mass is 271 g/mol. The summed E-state index contributed by atoms with van der Waals surface area (Å²) >= 11 is 0. The first-order chi connectivity index (χ1) is 9.58. The smallest absolute Gasteiger partial charge is 0.133 e. The summed E-state index contributed by atoms with van der Waals surface area (Å²) in [5.74, 6) is 1.68. The number of nitrogens with zero attached hydrogens (tertiary/aromatic N) is 2. The number of aryl methyl sites for hydroxylation is 1. The van der Waals surface area contributed by atoms with Crippen molar-refractivity contribution in [3.05, 3.63) is 53.1 Å². The molecular weight excluding hydrogens is 250 g/mol. The normalized spacial score (nSPS) is 12.2. The summed E-state index contributed by atoms with van der Waals surface area (Å²) in [4.78, 5) is 9.10. The van der Waals surface area contributed by atoms with Crippen LogP contribution in [0.1, 0.15) is 29.7 Å². The van der Waals surface area contributed by atoms with Crippen molar-refractivity contribution in [2.24, 2.45) is 5.73 Å². The van der Waals surface area contributed by atoms with Crippen molar-refractivity contribution < 1.29 is 4.74 Å². The third-order valence-electron chi connectivity index (χ3n) is 3.03. The maximum absolute atomic E-state index is 5.84. The van der Waals surface area contributed by atoms with Crippen molar-refractivity contribution in [3.8, 4) is 5.75 Å². The van der Waals surface area contributed by atoms with E-state index < -0.39 is 0 Å². The Balaban J connectivity index is 2.26. The molecule has 1 atom stereocenters. The van der Waals surface area contributed by atoms with Gasteiger partial charge in [0.25, 0.3) is 0 Å². The predicted molar refractivity (Wildman–Crippen MR) is 79.9 cm³/mol. The Bertz CT molecular complexity index is 582. The van der Waals surface area contributed by atoms with Gasteiger partial charge in [-0.25, -0.2) is 9.97 Å². The zero-order chi connectivity index (χ0) is 14.5. The van der Waals surface area contributed by atoms with Gasteiger partial charge < -0.3 is 10.5 Å². The first-order valence-electron chi connectivity index (χ1n) is 6.79. The Hall–Kier alpha value is -1.94. The number of hydrogen-bond donors (Lipinski definition) is 1. The zero-order valence-electron chi connectivity index (χ0n) is 12.3. The van der Waals surface area contributed by atoms with Gasteiger partial charge in [-0.05, 0) is 26.0 Å². The van der Waals surface area contributed by atoms with Gasteiger partial charge in [0, 0.05) is 35.8 Å². The number of nitrogens with two attached hydrogens (primary N) is 1. The summed E-state index contributed by atoms with van der Waals surface area (Å²) in [5, 5.41) is 0. The average molecular weight is 271 g/mol. The van der Waals surface area contributed by atoms with Gasteiger partial charge in [0.05, 0.1) is 7.11 Å². The molecule has 106 valence electrons. The van der Waals surface area contributed by atoms with Gasteiger partial charge in [0.15, 0.2) is 0 Å². The maximum Gasteiger partial charge on any atom is 0.133 e. The summed E-state index contributed by atoms with van der Waals surface area (Å²) in [6.07, 6.45) is 1.43. The average Bonchev–Trinajstić information content (AvgIpc) is 2.37. The Morgan fingerprint density at radius 2 is 2.00 bits per heavy atom. The fraction of sp³-hybridized carbons (Fsp3) is 0.375. The standard InChI is InChI=1S/C16H21N3O/c1-11(17)8-14-9-12(2)18-16(19-14)10-13-6-4-5-7-15(13)20-3/h4-7,9,11H,8,10,17H2,1-3H3. The van der Waals surface area contributed by atoms with Gasteiger partial charge >= 0.3 is 0 Å². The largest absolute Gasteiger partial charge is 0.496 e. The van der Waals surface area contributed by atoms with Crippen LogP contribution in [0.15, 0.2) is 30.3 Å². The lowest BCUT2D eigenvalue weighted by atomic mass is 10.1. The Kier molecular flexibility index (Phi) is 4.69. The molecule has 2 aromatic rings. The van der Waals surface area contributed by atoms with Crippen LogP contribution in [-0.2, 0) is 12.8 Å². The van der Waals surface area contributed by atoms with Gasteiger partial charge in [-0.15, -0.1) is 0 Å². The first kappa shape index (κ1) is 14.5. The van der Waals surface area contributed by atoms with Gasteiger partial charge in [0.2, 0.25) is 0 Å². The molecule has 0 saturated carbocycles. The number of aromatic nitrogens is 2. The third kappa shape index (κ3) is 3.78. The van der Waals surface area contributed by atoms with E-state index in [9.17, 15) is 0 Å². The van der Waals surface area contributed by atoms with Gasteiger partial charge in [0.1, 0.15) is 11.6 Å². The van der Waals surface area contributed by atoms with Crippen molar-refractivity contribution >= 4 is 0 Å². The van der Waals surface area contributed by atoms with Crippen LogP contribution < -0.4 is 10.5 Å². The molecule has 1 aromatic heterocycles. The van der Waals surface area contributed by atoms with Crippen LogP contribution in [0.5, 0.6) is 5.75 Å². The molecule has 1 aromatic carbocycles. The molecule has 0 radical (unpaired) electrons. The van der Waals surface area contributed by atoms with Crippen LogP contribution in [0, 0.1) is 6.92 Å². The lowest BCUT2D eigenvalue weighted by molar-refractivity contribution is 0.410. The highest BCUT2D eigenvalue weighted by atomic mass is 16.5. The zero-order valence-corrected chi connectivity index (χ0v) is 12.3. The number of para-hydroxylation sites is 1. The van der Waals surface area contributed by atoms with Gasteiger partial charge in [-0.3, -0.25) is 0 Å². The Morgan fingerprint density at radius 1 is 1.25 bits per heavy atom. The lowest BCUT2D eigenvalue weighted by Gasteiger charge is -2.10. The second-order valence-corrected chi connectivity index (χ2v) is 5.09. The van der Waals surface area contributed by atoms with E-state index in [0.717, 1.165) is 34.9 Å². The van der Waals surface area contributed by atoms with Crippen LogP contribution in [-0.4, -0.2) is 23.1 Å². The molecular formula is C16H21N3O. The lowest BCUT2D eigenvalue weighted by Crippen LogP contribution is -2.19. The molecule has 2 rings (SSSR count). The number of hydrogen-bond acceptors (Lipinski definition) is 4. The minimum atomic E-state index is 0.100. The molecule has 20 heavy (non-hydrogen) atoms. The fourth-order valence-corrected chi connectivity index (χ4v) is 2.23. The second kappa shape index (κ2) is 6.48. The van der Waals surface area contributed by atoms with Crippen molar-refractivity contribution in [2.45, 2.75) is 32.7 Å². The molecule has 1 unspecified atom stereocenters. The van der Waals surface area contributed by atoms with Crippen molar-refractivity contribution in [2.75, 3.05) is 7.11 Å². The van der Waals surface area contributed by atoms with E-state index in [1.807, 2.05) is 44.2 Å². The SMILES string of the molecule is COc1ccccc1Cc1nc(C)cc(CC(C)N)n1. The number of methoxy groups -OCH3 is 1. The van der Waals surface area contributed by atoms with E-state index in [2.05, 4.69) is 9.97 Å². The highest BCUT2D eigenvalue weighted by Crippen LogP contribution is 2.20. The molecule has 4 heteroatoms. The molecule has 0 saturated heterocycles. The first-order valence-corrected chi connectivity index (χ1v) is 6.79. The molecule has 0 bridgehead atoms. The molecule has 0 fully saturated rings. The van der Waals surface area contributed by atoms with E-state index in [1.54, 1.807) is 7.11 Å². The molecule has 2 N–H and O–H groups in total. The summed E-state index contributed by atoms with van der Waals surface area (Å²) in [6, 6.07) is 10.0. The minimum Gasteiger partial charge on any atom is -0.496 e. The number of benzene rings is 1. The summed E-state index contributed by atoms with van der Waals surface area (Å²) in [5.41, 5.74) is 8.90. The highest BCUT2D eigenvalue weighted by Gasteiger charge is 2.08. The molecule has 0 aliphatic carbocycles. The quantitative estimate of drug-likeness (QED) is 0.906. The van der Waals surface area contributed by atoms with Gasteiger partial charge in [-0.1, -0.05) is 18.2 Å². The number of rotatable bonds is 5. The van der Waals surface area contributed by atoms with Crippen LogP contribution in [0.25, 0.3) is 0 Å². The number of ether oxygens (including phenoxy) is 1. The fourth-order valence-electron chi connectivity index (χ4n) is 2.23. The van der Waals surface area contributed by atoms with E-state index in [-0.39, 0.29) is 6.04 Å². The molecule has 4 nitrogen and oxygen atoms in total. The van der Waals surface area contributed by atoms with Crippen molar-refractivity contribution in [1.29, 1.82) is 0 Å². The van der Waals surface area contributed by atoms with Crippen molar-refractivity contribution in [1.82, 2.24) is 9.97 Å². The van der Waals surface area contributed by atoms with E-state index in [4.69, 9.17) is 10.5 Å². The topological polar surface area (TPSA) is 61.0 Å². The van der Waals surface area contributed by atoms with Gasteiger partial charge in [-0.2, -0.15) is 0 Å². The summed E-state index contributed by atoms with van der Waals surface area (Å²) in [7, 11) is 1.68. The molecule has 0 amide bonds. The summed E-state index contributed by atoms with van der Waals surface area (Å²) in [6.45, 7) is 3.97. The maximum atomic E-state index is 5.84. The van der Waals surface area contributed by atoms with E-state index >= 15 is 0 Å².